The third-order valence-corrected chi connectivity index (χ3v) is 8.90. The van der Waals surface area contributed by atoms with Gasteiger partial charge < -0.3 is 9.64 Å². The first-order chi connectivity index (χ1) is 18.1. The lowest BCUT2D eigenvalue weighted by Gasteiger charge is -2.35. The molecule has 3 atom stereocenters. The number of anilines is 1. The first kappa shape index (κ1) is 24.3. The number of amides is 2. The number of hydrazine groups is 1. The van der Waals surface area contributed by atoms with E-state index >= 15 is 0 Å². The number of hydrogen-bond acceptors (Lipinski definition) is 5. The van der Waals surface area contributed by atoms with Crippen LogP contribution in [0, 0.1) is 5.92 Å². The average Bonchev–Trinajstić information content (AvgIpc) is 3.75. The van der Waals surface area contributed by atoms with Gasteiger partial charge >= 0.3 is 0 Å². The number of nitrogens with zero attached hydrogens (tertiary/aromatic N) is 2. The lowest BCUT2D eigenvalue weighted by molar-refractivity contribution is -0.131. The van der Waals surface area contributed by atoms with E-state index in [9.17, 15) is 9.59 Å². The molecule has 1 saturated carbocycles. The Balaban J connectivity index is 1.26. The summed E-state index contributed by atoms with van der Waals surface area (Å²) in [4.78, 5) is 29.7. The molecule has 0 radical (unpaired) electrons. The van der Waals surface area contributed by atoms with Crippen LogP contribution in [0.2, 0.25) is 5.02 Å². The summed E-state index contributed by atoms with van der Waals surface area (Å²) in [6.45, 7) is 2.52. The Hall–Kier alpha value is -3.00. The predicted octanol–water partition coefficient (Wildman–Crippen LogP) is 5.08. The van der Waals surface area contributed by atoms with Gasteiger partial charge in [0.25, 0.3) is 11.8 Å². The van der Waals surface area contributed by atoms with E-state index in [0.29, 0.717) is 21.9 Å². The van der Waals surface area contributed by atoms with Gasteiger partial charge in [-0.05, 0) is 54.2 Å². The van der Waals surface area contributed by atoms with Crippen molar-refractivity contribution in [3.8, 4) is 0 Å². The maximum atomic E-state index is 13.6. The Bertz CT molecular complexity index is 1290. The van der Waals surface area contributed by atoms with Gasteiger partial charge in [-0.1, -0.05) is 66.2 Å². The van der Waals surface area contributed by atoms with Crippen molar-refractivity contribution >= 4 is 40.9 Å². The smallest absolute Gasteiger partial charge is 0.265 e. The molecule has 2 heterocycles. The van der Waals surface area contributed by atoms with Gasteiger partial charge in [0.1, 0.15) is 6.04 Å². The van der Waals surface area contributed by atoms with Crippen molar-refractivity contribution in [2.45, 2.75) is 35.1 Å². The molecule has 2 saturated heterocycles. The first-order valence-electron chi connectivity index (χ1n) is 12.6. The zero-order valence-corrected chi connectivity index (χ0v) is 21.8. The summed E-state index contributed by atoms with van der Waals surface area (Å²) < 4.78 is 5.99. The molecule has 1 aliphatic carbocycles. The van der Waals surface area contributed by atoms with E-state index in [1.165, 1.54) is 29.6 Å². The molecule has 2 amide bonds. The Labute approximate surface area is 225 Å². The van der Waals surface area contributed by atoms with Crippen molar-refractivity contribution in [3.63, 3.8) is 0 Å². The maximum absolute atomic E-state index is 13.6. The number of benzene rings is 3. The maximum Gasteiger partial charge on any atom is 0.265 e. The first-order valence-corrected chi connectivity index (χ1v) is 13.9. The molecule has 2 aliphatic heterocycles. The molecule has 37 heavy (non-hydrogen) atoms. The molecular formula is C29H28ClN3O3S. The number of carbonyl (C=O) groups excluding carboxylic acids is 2. The molecule has 0 aromatic heterocycles. The van der Waals surface area contributed by atoms with Crippen molar-refractivity contribution in [3.05, 3.63) is 95.0 Å². The van der Waals surface area contributed by atoms with Gasteiger partial charge in [0.15, 0.2) is 5.25 Å². The summed E-state index contributed by atoms with van der Waals surface area (Å²) in [6, 6.07) is 24.9. The highest BCUT2D eigenvalue weighted by molar-refractivity contribution is 8.01. The Morgan fingerprint density at radius 3 is 2.35 bits per heavy atom. The zero-order chi connectivity index (χ0) is 25.4. The lowest BCUT2D eigenvalue weighted by atomic mass is 9.97. The molecule has 3 aromatic rings. The molecule has 0 spiro atoms. The van der Waals surface area contributed by atoms with Gasteiger partial charge in [-0.3, -0.25) is 15.0 Å². The summed E-state index contributed by atoms with van der Waals surface area (Å²) in [5.41, 5.74) is 5.85. The van der Waals surface area contributed by atoms with Crippen LogP contribution in [0.3, 0.4) is 0 Å². The van der Waals surface area contributed by atoms with Crippen LogP contribution in [-0.4, -0.2) is 47.9 Å². The predicted molar refractivity (Wildman–Crippen MR) is 145 cm³/mol. The number of ether oxygens (including phenoxy) is 1. The van der Waals surface area contributed by atoms with Crippen molar-refractivity contribution < 1.29 is 14.3 Å². The second-order valence-corrected chi connectivity index (χ2v) is 11.3. The molecule has 1 N–H and O–H groups in total. The third kappa shape index (κ3) is 5.08. The standard InChI is InChI=1S/C29H28ClN3O3S/c30-23-8-4-5-9-25(23)37-27-28(34)31-33(29(27)35)26(20-6-2-1-3-7-20)21-12-14-22(15-13-21)32-16-17-36-24(18-32)19-10-11-19/h1-9,12-15,19,24,26-27H,10-11,16-18H2,(H,31,34). The quantitative estimate of drug-likeness (QED) is 0.429. The van der Waals surface area contributed by atoms with E-state index in [1.54, 1.807) is 6.07 Å². The largest absolute Gasteiger partial charge is 0.374 e. The van der Waals surface area contributed by atoms with Gasteiger partial charge in [-0.15, -0.1) is 11.8 Å². The van der Waals surface area contributed by atoms with Crippen LogP contribution in [-0.2, 0) is 14.3 Å². The second-order valence-electron chi connectivity index (χ2n) is 9.71. The number of thioether (sulfide) groups is 1. The van der Waals surface area contributed by atoms with Gasteiger partial charge in [-0.2, -0.15) is 0 Å². The fourth-order valence-electron chi connectivity index (χ4n) is 5.09. The highest BCUT2D eigenvalue weighted by Gasteiger charge is 2.44. The normalized spacial score (nSPS) is 22.7. The molecule has 6 rings (SSSR count). The summed E-state index contributed by atoms with van der Waals surface area (Å²) >= 11 is 7.49. The number of morpholine rings is 1. The van der Waals surface area contributed by atoms with E-state index in [4.69, 9.17) is 16.3 Å². The number of hydrogen-bond donors (Lipinski definition) is 1. The number of carbonyl (C=O) groups is 2. The molecule has 6 nitrogen and oxygen atoms in total. The fourth-order valence-corrected chi connectivity index (χ4v) is 6.33. The van der Waals surface area contributed by atoms with Crippen LogP contribution < -0.4 is 10.3 Å². The van der Waals surface area contributed by atoms with Crippen molar-refractivity contribution in [1.82, 2.24) is 10.4 Å². The molecule has 190 valence electrons. The van der Waals surface area contributed by atoms with Crippen molar-refractivity contribution in [1.29, 1.82) is 0 Å². The average molecular weight is 534 g/mol. The van der Waals surface area contributed by atoms with E-state index in [2.05, 4.69) is 34.6 Å². The molecule has 0 bridgehead atoms. The van der Waals surface area contributed by atoms with E-state index < -0.39 is 11.3 Å². The minimum absolute atomic E-state index is 0.284. The van der Waals surface area contributed by atoms with Gasteiger partial charge in [-0.25, -0.2) is 5.01 Å². The van der Waals surface area contributed by atoms with Crippen molar-refractivity contribution in [2.75, 3.05) is 24.6 Å². The Kier molecular flexibility index (Phi) is 6.84. The number of rotatable bonds is 7. The topological polar surface area (TPSA) is 61.9 Å². The van der Waals surface area contributed by atoms with Crippen LogP contribution in [0.25, 0.3) is 0 Å². The van der Waals surface area contributed by atoms with Crippen LogP contribution >= 0.6 is 23.4 Å². The third-order valence-electron chi connectivity index (χ3n) is 7.20. The number of halogens is 1. The van der Waals surface area contributed by atoms with Crippen LogP contribution in [0.15, 0.2) is 83.8 Å². The van der Waals surface area contributed by atoms with Crippen LogP contribution in [0.1, 0.15) is 30.0 Å². The summed E-state index contributed by atoms with van der Waals surface area (Å²) in [5, 5.41) is 1.09. The molecule has 3 aliphatic rings. The second kappa shape index (κ2) is 10.4. The monoisotopic (exact) mass is 533 g/mol. The molecule has 3 unspecified atom stereocenters. The van der Waals surface area contributed by atoms with E-state index in [-0.39, 0.29) is 11.8 Å². The van der Waals surface area contributed by atoms with Crippen LogP contribution in [0.5, 0.6) is 0 Å². The van der Waals surface area contributed by atoms with E-state index in [0.717, 1.165) is 36.5 Å². The zero-order valence-electron chi connectivity index (χ0n) is 20.3. The summed E-state index contributed by atoms with van der Waals surface area (Å²) in [5.74, 6) is 0.0751. The van der Waals surface area contributed by atoms with Gasteiger partial charge in [0, 0.05) is 23.7 Å². The Morgan fingerprint density at radius 1 is 0.919 bits per heavy atom. The van der Waals surface area contributed by atoms with Crippen molar-refractivity contribution in [2.24, 2.45) is 5.92 Å². The summed E-state index contributed by atoms with van der Waals surface area (Å²) in [6.07, 6.45) is 2.85. The SMILES string of the molecule is O=C1NN(C(c2ccccc2)c2ccc(N3CCOC(C4CC4)C3)cc2)C(=O)C1Sc1ccccc1Cl. The highest BCUT2D eigenvalue weighted by Crippen LogP contribution is 2.38. The van der Waals surface area contributed by atoms with Crippen LogP contribution in [0.4, 0.5) is 5.69 Å². The van der Waals surface area contributed by atoms with Gasteiger partial charge in [0.2, 0.25) is 0 Å². The highest BCUT2D eigenvalue weighted by atomic mass is 35.5. The molecule has 3 aromatic carbocycles. The Morgan fingerprint density at radius 2 is 1.62 bits per heavy atom. The number of nitrogens with one attached hydrogen (secondary N) is 1. The van der Waals surface area contributed by atoms with Gasteiger partial charge in [0.05, 0.1) is 17.7 Å². The molecule has 3 fully saturated rings. The minimum Gasteiger partial charge on any atom is -0.374 e. The lowest BCUT2D eigenvalue weighted by Crippen LogP contribution is -2.43. The van der Waals surface area contributed by atoms with E-state index in [1.807, 2.05) is 48.5 Å². The summed E-state index contributed by atoms with van der Waals surface area (Å²) in [7, 11) is 0. The molecular weight excluding hydrogens is 506 g/mol. The minimum atomic E-state index is -0.905. The molecule has 8 heteroatoms. The fraction of sp³-hybridized carbons (Fsp3) is 0.310.